The summed E-state index contributed by atoms with van der Waals surface area (Å²) in [6.07, 6.45) is 1.76. The molecule has 0 saturated carbocycles. The molecule has 23 heavy (non-hydrogen) atoms. The first kappa shape index (κ1) is 15.7. The zero-order valence-electron chi connectivity index (χ0n) is 13.5. The SMILES string of the molecule is CCCOc1ccc(C2NN=C3CCN(C)CC32)cc1[N+](=O)[O-]. The van der Waals surface area contributed by atoms with Gasteiger partial charge in [0, 0.05) is 37.2 Å². The van der Waals surface area contributed by atoms with Gasteiger partial charge in [-0.2, -0.15) is 5.10 Å². The van der Waals surface area contributed by atoms with Crippen molar-refractivity contribution in [2.45, 2.75) is 25.8 Å². The summed E-state index contributed by atoms with van der Waals surface area (Å²) in [6, 6.07) is 5.22. The number of nitrogens with zero attached hydrogens (tertiary/aromatic N) is 3. The van der Waals surface area contributed by atoms with E-state index in [1.807, 2.05) is 13.0 Å². The van der Waals surface area contributed by atoms with Gasteiger partial charge in [-0.05, 0) is 25.1 Å². The number of ether oxygens (including phenoxy) is 1. The maximum atomic E-state index is 11.4. The quantitative estimate of drug-likeness (QED) is 0.666. The fourth-order valence-electron chi connectivity index (χ4n) is 3.21. The lowest BCUT2D eigenvalue weighted by molar-refractivity contribution is -0.385. The predicted octanol–water partition coefficient (Wildman–Crippen LogP) is 2.34. The minimum absolute atomic E-state index is 0.00771. The van der Waals surface area contributed by atoms with Gasteiger partial charge in [0.05, 0.1) is 17.6 Å². The minimum atomic E-state index is -0.377. The second-order valence-corrected chi connectivity index (χ2v) is 6.16. The number of piperidine rings is 1. The molecule has 0 amide bonds. The molecule has 2 unspecified atom stereocenters. The Bertz CT molecular complexity index is 632. The van der Waals surface area contributed by atoms with Crippen molar-refractivity contribution >= 4 is 11.4 Å². The van der Waals surface area contributed by atoms with Crippen LogP contribution in [-0.2, 0) is 0 Å². The van der Waals surface area contributed by atoms with Crippen LogP contribution in [-0.4, -0.2) is 42.3 Å². The molecular formula is C16H22N4O3. The summed E-state index contributed by atoms with van der Waals surface area (Å²) in [5, 5.41) is 15.8. The summed E-state index contributed by atoms with van der Waals surface area (Å²) < 4.78 is 5.49. The van der Waals surface area contributed by atoms with Gasteiger partial charge in [-0.15, -0.1) is 0 Å². The zero-order chi connectivity index (χ0) is 16.4. The Kier molecular flexibility index (Phi) is 4.47. The van der Waals surface area contributed by atoms with Gasteiger partial charge in [0.2, 0.25) is 0 Å². The van der Waals surface area contributed by atoms with E-state index in [9.17, 15) is 10.1 Å². The van der Waals surface area contributed by atoms with Gasteiger partial charge in [-0.25, -0.2) is 0 Å². The Hall–Kier alpha value is -2.15. The molecule has 0 aromatic heterocycles. The van der Waals surface area contributed by atoms with E-state index < -0.39 is 0 Å². The fraction of sp³-hybridized carbons (Fsp3) is 0.562. The maximum absolute atomic E-state index is 11.4. The van der Waals surface area contributed by atoms with Crippen molar-refractivity contribution in [2.75, 3.05) is 26.7 Å². The number of benzene rings is 1. The molecule has 2 heterocycles. The highest BCUT2D eigenvalue weighted by atomic mass is 16.6. The van der Waals surface area contributed by atoms with Gasteiger partial charge in [-0.3, -0.25) is 10.1 Å². The number of hydrogen-bond acceptors (Lipinski definition) is 6. The molecule has 3 rings (SSSR count). The molecule has 1 fully saturated rings. The predicted molar refractivity (Wildman–Crippen MR) is 87.8 cm³/mol. The van der Waals surface area contributed by atoms with Gasteiger partial charge in [-0.1, -0.05) is 13.0 Å². The van der Waals surface area contributed by atoms with E-state index in [0.29, 0.717) is 12.4 Å². The number of hydrazone groups is 1. The van der Waals surface area contributed by atoms with Gasteiger partial charge < -0.3 is 15.1 Å². The van der Waals surface area contributed by atoms with E-state index in [-0.39, 0.29) is 22.6 Å². The van der Waals surface area contributed by atoms with Crippen molar-refractivity contribution in [3.8, 4) is 5.75 Å². The highest BCUT2D eigenvalue weighted by Crippen LogP contribution is 2.36. The van der Waals surface area contributed by atoms with E-state index in [4.69, 9.17) is 4.74 Å². The third-order valence-corrected chi connectivity index (χ3v) is 4.44. The zero-order valence-corrected chi connectivity index (χ0v) is 13.5. The second kappa shape index (κ2) is 6.54. The molecule has 2 aliphatic rings. The van der Waals surface area contributed by atoms with Crippen molar-refractivity contribution in [1.29, 1.82) is 0 Å². The summed E-state index contributed by atoms with van der Waals surface area (Å²) in [5.74, 6) is 0.608. The number of nitro benzene ring substituents is 1. The lowest BCUT2D eigenvalue weighted by Gasteiger charge is -2.30. The molecule has 1 aromatic rings. The first-order valence-corrected chi connectivity index (χ1v) is 8.01. The average molecular weight is 318 g/mol. The van der Waals surface area contributed by atoms with Gasteiger partial charge in [0.25, 0.3) is 0 Å². The fourth-order valence-corrected chi connectivity index (χ4v) is 3.21. The molecule has 1 N–H and O–H groups in total. The summed E-state index contributed by atoms with van der Waals surface area (Å²) in [4.78, 5) is 13.3. The smallest absolute Gasteiger partial charge is 0.311 e. The van der Waals surface area contributed by atoms with E-state index in [0.717, 1.165) is 31.5 Å². The van der Waals surface area contributed by atoms with Crippen molar-refractivity contribution in [1.82, 2.24) is 10.3 Å². The number of likely N-dealkylation sites (tertiary alicyclic amines) is 1. The first-order chi connectivity index (χ1) is 11.1. The largest absolute Gasteiger partial charge is 0.487 e. The Labute approximate surface area is 135 Å². The Morgan fingerprint density at radius 1 is 1.52 bits per heavy atom. The number of fused-ring (bicyclic) bond motifs is 1. The number of nitrogens with one attached hydrogen (secondary N) is 1. The van der Waals surface area contributed by atoms with Crippen LogP contribution in [0.15, 0.2) is 23.3 Å². The topological polar surface area (TPSA) is 80.0 Å². The molecule has 2 atom stereocenters. The highest BCUT2D eigenvalue weighted by Gasteiger charge is 2.36. The van der Waals surface area contributed by atoms with E-state index in [2.05, 4.69) is 22.5 Å². The molecule has 1 aromatic carbocycles. The molecule has 7 nitrogen and oxygen atoms in total. The Balaban J connectivity index is 1.86. The van der Waals surface area contributed by atoms with Crippen LogP contribution >= 0.6 is 0 Å². The van der Waals surface area contributed by atoms with Crippen LogP contribution in [0.25, 0.3) is 0 Å². The van der Waals surface area contributed by atoms with Gasteiger partial charge in [0.15, 0.2) is 5.75 Å². The van der Waals surface area contributed by atoms with Crippen molar-refractivity contribution in [2.24, 2.45) is 11.0 Å². The second-order valence-electron chi connectivity index (χ2n) is 6.16. The molecule has 0 radical (unpaired) electrons. The third-order valence-electron chi connectivity index (χ3n) is 4.44. The number of rotatable bonds is 5. The molecule has 2 aliphatic heterocycles. The normalized spacial score (nSPS) is 23.8. The summed E-state index contributed by atoms with van der Waals surface area (Å²) >= 11 is 0. The lowest BCUT2D eigenvalue weighted by atomic mass is 9.86. The monoisotopic (exact) mass is 318 g/mol. The lowest BCUT2D eigenvalue weighted by Crippen LogP contribution is -2.39. The third kappa shape index (κ3) is 3.14. The Morgan fingerprint density at radius 2 is 2.35 bits per heavy atom. The molecule has 0 bridgehead atoms. The van der Waals surface area contributed by atoms with Crippen LogP contribution in [0.4, 0.5) is 5.69 Å². The summed E-state index contributed by atoms with van der Waals surface area (Å²) in [7, 11) is 2.09. The van der Waals surface area contributed by atoms with Crippen LogP contribution in [0.3, 0.4) is 0 Å². The standard InChI is InChI=1S/C16H22N4O3/c1-3-8-23-15-5-4-11(9-14(15)20(21)22)16-12-10-19(2)7-6-13(12)17-18-16/h4-5,9,12,16,18H,3,6-8,10H2,1-2H3. The van der Waals surface area contributed by atoms with Crippen molar-refractivity contribution in [3.05, 3.63) is 33.9 Å². The van der Waals surface area contributed by atoms with Crippen LogP contribution in [0.5, 0.6) is 5.75 Å². The van der Waals surface area contributed by atoms with Crippen LogP contribution in [0.1, 0.15) is 31.4 Å². The van der Waals surface area contributed by atoms with Crippen LogP contribution in [0.2, 0.25) is 0 Å². The summed E-state index contributed by atoms with van der Waals surface area (Å²) in [5.41, 5.74) is 5.24. The summed E-state index contributed by atoms with van der Waals surface area (Å²) in [6.45, 7) is 4.37. The van der Waals surface area contributed by atoms with E-state index in [1.165, 1.54) is 5.71 Å². The van der Waals surface area contributed by atoms with E-state index in [1.54, 1.807) is 12.1 Å². The molecular weight excluding hydrogens is 296 g/mol. The van der Waals surface area contributed by atoms with Gasteiger partial charge in [0.1, 0.15) is 0 Å². The van der Waals surface area contributed by atoms with Crippen molar-refractivity contribution in [3.63, 3.8) is 0 Å². The molecule has 7 heteroatoms. The molecule has 0 spiro atoms. The van der Waals surface area contributed by atoms with Crippen molar-refractivity contribution < 1.29 is 9.66 Å². The van der Waals surface area contributed by atoms with Crippen LogP contribution in [0, 0.1) is 16.0 Å². The number of hydrogen-bond donors (Lipinski definition) is 1. The maximum Gasteiger partial charge on any atom is 0.311 e. The highest BCUT2D eigenvalue weighted by molar-refractivity contribution is 5.90. The van der Waals surface area contributed by atoms with Crippen LogP contribution < -0.4 is 10.2 Å². The minimum Gasteiger partial charge on any atom is -0.487 e. The van der Waals surface area contributed by atoms with Gasteiger partial charge >= 0.3 is 5.69 Å². The molecule has 124 valence electrons. The molecule has 0 aliphatic carbocycles. The molecule has 1 saturated heterocycles. The van der Waals surface area contributed by atoms with E-state index >= 15 is 0 Å². The number of nitro groups is 1. The first-order valence-electron chi connectivity index (χ1n) is 8.01. The average Bonchev–Trinajstić information content (AvgIpc) is 2.95. The Morgan fingerprint density at radius 3 is 3.09 bits per heavy atom.